The Morgan fingerprint density at radius 2 is 1.89 bits per heavy atom. The molecule has 0 aromatic heterocycles. The number of Topliss-reactive ketones (excluding diaryl/α,β-unsaturated/α-hetero) is 1. The highest BCUT2D eigenvalue weighted by atomic mass is 32.2. The molecule has 0 fully saturated rings. The zero-order chi connectivity index (χ0) is 13.3. The fourth-order valence-corrected chi connectivity index (χ4v) is 3.21. The van der Waals surface area contributed by atoms with Crippen LogP contribution in [0, 0.1) is 0 Å². The Bertz CT molecular complexity index is 655. The number of rotatable bonds is 3. The molecule has 0 bridgehead atoms. The molecule has 1 aliphatic rings. The molecule has 0 aliphatic carbocycles. The van der Waals surface area contributed by atoms with Crippen LogP contribution in [0.25, 0.3) is 6.08 Å². The van der Waals surface area contributed by atoms with Gasteiger partial charge in [0.25, 0.3) is 5.78 Å². The van der Waals surface area contributed by atoms with Crippen molar-refractivity contribution in [3.63, 3.8) is 0 Å². The van der Waals surface area contributed by atoms with E-state index in [0.29, 0.717) is 5.56 Å². The number of sulfone groups is 1. The van der Waals surface area contributed by atoms with Gasteiger partial charge in [-0.05, 0) is 24.6 Å². The molecular formula is C12H10O5S. The summed E-state index contributed by atoms with van der Waals surface area (Å²) < 4.78 is 28.6. The second kappa shape index (κ2) is 4.38. The third kappa shape index (κ3) is 1.84. The minimum atomic E-state index is -3.90. The van der Waals surface area contributed by atoms with E-state index in [2.05, 4.69) is 4.74 Å². The maximum atomic E-state index is 12.0. The predicted octanol–water partition coefficient (Wildman–Crippen LogP) is 0.947. The molecule has 6 heteroatoms. The van der Waals surface area contributed by atoms with Crippen molar-refractivity contribution in [2.45, 2.75) is 11.8 Å². The van der Waals surface area contributed by atoms with E-state index in [1.54, 1.807) is 18.2 Å². The summed E-state index contributed by atoms with van der Waals surface area (Å²) in [7, 11) is -3.90. The standard InChI is InChI=1S/C12H10O5S/c1-2-17-12(14)11(13)10-7-8-5-3-4-6-9(8)18(10,15)16/h3-7H,2H2,1H3. The molecule has 18 heavy (non-hydrogen) atoms. The number of carbonyl (C=O) groups is 2. The maximum absolute atomic E-state index is 12.0. The summed E-state index contributed by atoms with van der Waals surface area (Å²) in [6.07, 6.45) is 1.20. The van der Waals surface area contributed by atoms with Crippen molar-refractivity contribution in [1.29, 1.82) is 0 Å². The molecule has 1 aromatic rings. The van der Waals surface area contributed by atoms with Gasteiger partial charge >= 0.3 is 5.97 Å². The monoisotopic (exact) mass is 266 g/mol. The number of ether oxygens (including phenoxy) is 1. The minimum Gasteiger partial charge on any atom is -0.460 e. The van der Waals surface area contributed by atoms with Crippen LogP contribution in [-0.4, -0.2) is 26.8 Å². The highest BCUT2D eigenvalue weighted by Crippen LogP contribution is 2.32. The molecule has 0 atom stereocenters. The van der Waals surface area contributed by atoms with Crippen LogP contribution in [0.1, 0.15) is 12.5 Å². The van der Waals surface area contributed by atoms with Crippen LogP contribution in [0.2, 0.25) is 0 Å². The maximum Gasteiger partial charge on any atom is 0.380 e. The quantitative estimate of drug-likeness (QED) is 0.601. The van der Waals surface area contributed by atoms with Gasteiger partial charge in [0.15, 0.2) is 0 Å². The Morgan fingerprint density at radius 3 is 2.50 bits per heavy atom. The van der Waals surface area contributed by atoms with E-state index >= 15 is 0 Å². The number of benzene rings is 1. The van der Waals surface area contributed by atoms with E-state index in [-0.39, 0.29) is 11.5 Å². The summed E-state index contributed by atoms with van der Waals surface area (Å²) >= 11 is 0. The van der Waals surface area contributed by atoms with E-state index in [0.717, 1.165) is 0 Å². The Morgan fingerprint density at radius 1 is 1.22 bits per heavy atom. The predicted molar refractivity (Wildman–Crippen MR) is 63.2 cm³/mol. The number of carbonyl (C=O) groups excluding carboxylic acids is 2. The first-order chi connectivity index (χ1) is 8.48. The molecule has 1 heterocycles. The van der Waals surface area contributed by atoms with Gasteiger partial charge in [0.05, 0.1) is 11.5 Å². The molecule has 1 aliphatic heterocycles. The Balaban J connectivity index is 2.45. The van der Waals surface area contributed by atoms with Crippen molar-refractivity contribution in [2.75, 3.05) is 6.61 Å². The average Bonchev–Trinajstić information content (AvgIpc) is 2.61. The normalized spacial score (nSPS) is 15.7. The topological polar surface area (TPSA) is 77.5 Å². The molecule has 0 radical (unpaired) electrons. The molecular weight excluding hydrogens is 256 g/mol. The highest BCUT2D eigenvalue weighted by Gasteiger charge is 2.37. The van der Waals surface area contributed by atoms with Crippen LogP contribution in [-0.2, 0) is 24.2 Å². The molecule has 0 saturated heterocycles. The van der Waals surface area contributed by atoms with Crippen LogP contribution in [0.4, 0.5) is 0 Å². The van der Waals surface area contributed by atoms with Crippen molar-refractivity contribution in [3.05, 3.63) is 34.7 Å². The van der Waals surface area contributed by atoms with Gasteiger partial charge in [0.2, 0.25) is 9.84 Å². The summed E-state index contributed by atoms with van der Waals surface area (Å²) in [5.74, 6) is -2.28. The third-order valence-electron chi connectivity index (χ3n) is 2.47. The van der Waals surface area contributed by atoms with Gasteiger partial charge in [-0.1, -0.05) is 18.2 Å². The lowest BCUT2D eigenvalue weighted by atomic mass is 10.2. The lowest BCUT2D eigenvalue weighted by molar-refractivity contribution is -0.151. The van der Waals surface area contributed by atoms with Crippen LogP contribution < -0.4 is 0 Å². The number of fused-ring (bicyclic) bond motifs is 1. The lowest BCUT2D eigenvalue weighted by Gasteiger charge is -2.02. The molecule has 0 spiro atoms. The Kier molecular flexibility index (Phi) is 3.04. The van der Waals surface area contributed by atoms with Gasteiger partial charge in [0.1, 0.15) is 4.91 Å². The largest absolute Gasteiger partial charge is 0.460 e. The summed E-state index contributed by atoms with van der Waals surface area (Å²) in [6.45, 7) is 1.56. The number of ketones is 1. The first kappa shape index (κ1) is 12.5. The Labute approximate surface area is 104 Å². The highest BCUT2D eigenvalue weighted by molar-refractivity contribution is 7.97. The zero-order valence-corrected chi connectivity index (χ0v) is 10.4. The van der Waals surface area contributed by atoms with Crippen molar-refractivity contribution >= 4 is 27.7 Å². The molecule has 2 rings (SSSR count). The summed E-state index contributed by atoms with van der Waals surface area (Å²) in [5, 5.41) is 0. The summed E-state index contributed by atoms with van der Waals surface area (Å²) in [6, 6.07) is 6.18. The average molecular weight is 266 g/mol. The van der Waals surface area contributed by atoms with Gasteiger partial charge in [0, 0.05) is 0 Å². The first-order valence-electron chi connectivity index (χ1n) is 5.25. The van der Waals surface area contributed by atoms with Crippen LogP contribution >= 0.6 is 0 Å². The molecule has 0 N–H and O–H groups in total. The number of hydrogen-bond acceptors (Lipinski definition) is 5. The fourth-order valence-electron chi connectivity index (χ4n) is 1.67. The smallest absolute Gasteiger partial charge is 0.380 e. The fraction of sp³-hybridized carbons (Fsp3) is 0.167. The van der Waals surface area contributed by atoms with E-state index in [9.17, 15) is 18.0 Å². The van der Waals surface area contributed by atoms with E-state index in [1.807, 2.05) is 0 Å². The second-order valence-corrected chi connectivity index (χ2v) is 5.49. The minimum absolute atomic E-state index is 0.0187. The van der Waals surface area contributed by atoms with Gasteiger partial charge < -0.3 is 4.74 Å². The van der Waals surface area contributed by atoms with Crippen LogP contribution in [0.3, 0.4) is 0 Å². The third-order valence-corrected chi connectivity index (χ3v) is 4.30. The number of esters is 1. The molecule has 1 aromatic carbocycles. The van der Waals surface area contributed by atoms with Gasteiger partial charge in [-0.25, -0.2) is 13.2 Å². The molecule has 0 unspecified atom stereocenters. The second-order valence-electron chi connectivity index (χ2n) is 3.60. The first-order valence-corrected chi connectivity index (χ1v) is 6.74. The molecule has 0 saturated carbocycles. The molecule has 94 valence electrons. The van der Waals surface area contributed by atoms with E-state index < -0.39 is 26.5 Å². The summed E-state index contributed by atoms with van der Waals surface area (Å²) in [4.78, 5) is 22.5. The SMILES string of the molecule is CCOC(=O)C(=O)C1=Cc2ccccc2S1(=O)=O. The molecule has 5 nitrogen and oxygen atoms in total. The van der Waals surface area contributed by atoms with Crippen LogP contribution in [0.15, 0.2) is 34.1 Å². The lowest BCUT2D eigenvalue weighted by Crippen LogP contribution is -2.22. The van der Waals surface area contributed by atoms with E-state index in [4.69, 9.17) is 0 Å². The van der Waals surface area contributed by atoms with Crippen molar-refractivity contribution in [3.8, 4) is 0 Å². The Hall–Kier alpha value is -1.95. The van der Waals surface area contributed by atoms with Gasteiger partial charge in [-0.2, -0.15) is 0 Å². The number of hydrogen-bond donors (Lipinski definition) is 0. The summed E-state index contributed by atoms with van der Waals surface area (Å²) in [5.41, 5.74) is 0.408. The van der Waals surface area contributed by atoms with Gasteiger partial charge in [-0.15, -0.1) is 0 Å². The van der Waals surface area contributed by atoms with Crippen molar-refractivity contribution in [2.24, 2.45) is 0 Å². The van der Waals surface area contributed by atoms with Gasteiger partial charge in [-0.3, -0.25) is 4.79 Å². The zero-order valence-electron chi connectivity index (χ0n) is 9.54. The van der Waals surface area contributed by atoms with Crippen molar-refractivity contribution < 1.29 is 22.7 Å². The van der Waals surface area contributed by atoms with Crippen molar-refractivity contribution in [1.82, 2.24) is 0 Å². The van der Waals surface area contributed by atoms with Crippen LogP contribution in [0.5, 0.6) is 0 Å². The molecule has 0 amide bonds. The van der Waals surface area contributed by atoms with E-state index in [1.165, 1.54) is 19.1 Å².